The molecule has 1 aromatic heterocycles. The highest BCUT2D eigenvalue weighted by atomic mass is 32.1. The summed E-state index contributed by atoms with van der Waals surface area (Å²) in [7, 11) is 1.55. The summed E-state index contributed by atoms with van der Waals surface area (Å²) in [6, 6.07) is 5.38. The number of hydrogen-bond donors (Lipinski definition) is 2. The number of aromatic hydroxyl groups is 1. The fourth-order valence-corrected chi connectivity index (χ4v) is 2.53. The van der Waals surface area contributed by atoms with Crippen molar-refractivity contribution in [2.24, 2.45) is 0 Å². The minimum atomic E-state index is 0.169. The van der Waals surface area contributed by atoms with E-state index in [9.17, 15) is 5.11 Å². The molecule has 19 heavy (non-hydrogen) atoms. The highest BCUT2D eigenvalue weighted by Gasteiger charge is 2.08. The number of phenols is 1. The van der Waals surface area contributed by atoms with Crippen LogP contribution in [-0.2, 0) is 6.54 Å². The van der Waals surface area contributed by atoms with E-state index < -0.39 is 0 Å². The molecule has 0 aliphatic carbocycles. The summed E-state index contributed by atoms with van der Waals surface area (Å²) in [5.41, 5.74) is 1.08. The van der Waals surface area contributed by atoms with Gasteiger partial charge in [-0.05, 0) is 17.7 Å². The number of methoxy groups -OCH3 is 1. The van der Waals surface area contributed by atoms with Crippen LogP contribution in [0.5, 0.6) is 11.5 Å². The molecule has 102 valence electrons. The maximum Gasteiger partial charge on any atom is 0.160 e. The second-order valence-corrected chi connectivity index (χ2v) is 5.33. The Morgan fingerprint density at radius 3 is 3.00 bits per heavy atom. The van der Waals surface area contributed by atoms with Gasteiger partial charge in [-0.3, -0.25) is 0 Å². The third-order valence-corrected chi connectivity index (χ3v) is 3.90. The van der Waals surface area contributed by atoms with Crippen molar-refractivity contribution in [2.75, 3.05) is 13.7 Å². The number of phenolic OH excluding ortho intramolecular Hbond substituents is 1. The third kappa shape index (κ3) is 3.68. The molecule has 0 saturated carbocycles. The summed E-state index contributed by atoms with van der Waals surface area (Å²) in [6.07, 6.45) is 1.83. The monoisotopic (exact) mass is 278 g/mol. The summed E-state index contributed by atoms with van der Waals surface area (Å²) in [5, 5.41) is 16.1. The minimum Gasteiger partial charge on any atom is -0.504 e. The molecule has 0 aliphatic heterocycles. The Morgan fingerprint density at radius 1 is 1.47 bits per heavy atom. The van der Waals surface area contributed by atoms with Crippen molar-refractivity contribution in [3.05, 3.63) is 40.3 Å². The van der Waals surface area contributed by atoms with E-state index in [4.69, 9.17) is 4.74 Å². The van der Waals surface area contributed by atoms with Gasteiger partial charge in [0.2, 0.25) is 0 Å². The molecular weight excluding hydrogens is 260 g/mol. The van der Waals surface area contributed by atoms with Crippen LogP contribution in [0.15, 0.2) is 29.8 Å². The van der Waals surface area contributed by atoms with Crippen LogP contribution in [0, 0.1) is 0 Å². The number of nitrogens with one attached hydrogen (secondary N) is 1. The predicted octanol–water partition coefficient (Wildman–Crippen LogP) is 2.75. The molecule has 0 spiro atoms. The van der Waals surface area contributed by atoms with E-state index in [0.29, 0.717) is 11.7 Å². The fourth-order valence-electron chi connectivity index (χ4n) is 1.83. The van der Waals surface area contributed by atoms with Crippen LogP contribution in [0.25, 0.3) is 0 Å². The number of nitrogens with zero attached hydrogens (tertiary/aromatic N) is 1. The minimum absolute atomic E-state index is 0.169. The van der Waals surface area contributed by atoms with Crippen LogP contribution < -0.4 is 10.1 Å². The lowest BCUT2D eigenvalue weighted by molar-refractivity contribution is 0.372. The second kappa shape index (κ2) is 6.54. The number of ether oxygens (including phenoxy) is 1. The van der Waals surface area contributed by atoms with E-state index in [-0.39, 0.29) is 5.75 Å². The summed E-state index contributed by atoms with van der Waals surface area (Å²) in [4.78, 5) is 4.31. The SMILES string of the molecule is COc1cc(CNCC(C)c2nccs2)ccc1O. The highest BCUT2D eigenvalue weighted by molar-refractivity contribution is 7.09. The van der Waals surface area contributed by atoms with Gasteiger partial charge in [-0.1, -0.05) is 13.0 Å². The van der Waals surface area contributed by atoms with Crippen molar-refractivity contribution >= 4 is 11.3 Å². The lowest BCUT2D eigenvalue weighted by atomic mass is 10.1. The number of thiazole rings is 1. The Labute approximate surface area is 117 Å². The van der Waals surface area contributed by atoms with Crippen molar-refractivity contribution < 1.29 is 9.84 Å². The first-order valence-electron chi connectivity index (χ1n) is 6.16. The van der Waals surface area contributed by atoms with Gasteiger partial charge in [0.05, 0.1) is 12.1 Å². The maximum atomic E-state index is 9.52. The summed E-state index contributed by atoms with van der Waals surface area (Å²) in [6.45, 7) is 3.77. The van der Waals surface area contributed by atoms with Crippen LogP contribution in [0.4, 0.5) is 0 Å². The lowest BCUT2D eigenvalue weighted by Crippen LogP contribution is -2.19. The number of rotatable bonds is 6. The Bertz CT molecular complexity index is 514. The molecule has 0 aliphatic rings. The molecule has 4 nitrogen and oxygen atoms in total. The van der Waals surface area contributed by atoms with Crippen LogP contribution in [0.1, 0.15) is 23.4 Å². The van der Waals surface area contributed by atoms with Gasteiger partial charge in [0, 0.05) is 30.6 Å². The van der Waals surface area contributed by atoms with E-state index >= 15 is 0 Å². The summed E-state index contributed by atoms with van der Waals surface area (Å²) < 4.78 is 5.09. The first-order chi connectivity index (χ1) is 9.20. The summed E-state index contributed by atoms with van der Waals surface area (Å²) in [5.74, 6) is 1.08. The topological polar surface area (TPSA) is 54.4 Å². The van der Waals surface area contributed by atoms with E-state index in [0.717, 1.165) is 23.7 Å². The first kappa shape index (κ1) is 13.8. The maximum absolute atomic E-state index is 9.52. The van der Waals surface area contributed by atoms with Gasteiger partial charge < -0.3 is 15.2 Å². The van der Waals surface area contributed by atoms with Crippen molar-refractivity contribution in [3.8, 4) is 11.5 Å². The lowest BCUT2D eigenvalue weighted by Gasteiger charge is -2.11. The zero-order valence-corrected chi connectivity index (χ0v) is 11.9. The summed E-state index contributed by atoms with van der Waals surface area (Å²) >= 11 is 1.68. The smallest absolute Gasteiger partial charge is 0.160 e. The van der Waals surface area contributed by atoms with Crippen molar-refractivity contribution in [2.45, 2.75) is 19.4 Å². The van der Waals surface area contributed by atoms with Gasteiger partial charge in [0.25, 0.3) is 0 Å². The highest BCUT2D eigenvalue weighted by Crippen LogP contribution is 2.26. The van der Waals surface area contributed by atoms with Gasteiger partial charge in [0.15, 0.2) is 11.5 Å². The molecule has 2 N–H and O–H groups in total. The van der Waals surface area contributed by atoms with Gasteiger partial charge in [0.1, 0.15) is 0 Å². The Kier molecular flexibility index (Phi) is 4.76. The second-order valence-electron chi connectivity index (χ2n) is 4.41. The molecule has 0 radical (unpaired) electrons. The molecule has 2 rings (SSSR count). The zero-order valence-electron chi connectivity index (χ0n) is 11.1. The quantitative estimate of drug-likeness (QED) is 0.853. The molecule has 1 aromatic carbocycles. The molecule has 0 fully saturated rings. The van der Waals surface area contributed by atoms with Crippen molar-refractivity contribution in [3.63, 3.8) is 0 Å². The van der Waals surface area contributed by atoms with Crippen molar-refractivity contribution in [1.82, 2.24) is 10.3 Å². The van der Waals surface area contributed by atoms with Crippen molar-refractivity contribution in [1.29, 1.82) is 0 Å². The molecule has 1 unspecified atom stereocenters. The standard InChI is InChI=1S/C14H18N2O2S/c1-10(14-16-5-6-19-14)8-15-9-11-3-4-12(17)13(7-11)18-2/h3-7,10,15,17H,8-9H2,1-2H3. The molecule has 2 aromatic rings. The van der Waals surface area contributed by atoms with Gasteiger partial charge in [-0.25, -0.2) is 4.98 Å². The molecular formula is C14H18N2O2S. The van der Waals surface area contributed by atoms with Crippen LogP contribution >= 0.6 is 11.3 Å². The Morgan fingerprint density at radius 2 is 2.32 bits per heavy atom. The van der Waals surface area contributed by atoms with Crippen LogP contribution in [-0.4, -0.2) is 23.7 Å². The molecule has 1 heterocycles. The molecule has 0 saturated heterocycles. The van der Waals surface area contributed by atoms with E-state index in [1.807, 2.05) is 23.7 Å². The largest absolute Gasteiger partial charge is 0.504 e. The number of benzene rings is 1. The molecule has 0 bridgehead atoms. The van der Waals surface area contributed by atoms with E-state index in [1.54, 1.807) is 24.5 Å². The molecule has 5 heteroatoms. The zero-order chi connectivity index (χ0) is 13.7. The molecule has 1 atom stereocenters. The third-order valence-electron chi connectivity index (χ3n) is 2.90. The van der Waals surface area contributed by atoms with Gasteiger partial charge in [-0.15, -0.1) is 11.3 Å². The van der Waals surface area contributed by atoms with E-state index in [1.165, 1.54) is 0 Å². The van der Waals surface area contributed by atoms with Crippen LogP contribution in [0.3, 0.4) is 0 Å². The molecule has 0 amide bonds. The van der Waals surface area contributed by atoms with Gasteiger partial charge >= 0.3 is 0 Å². The number of hydrogen-bond acceptors (Lipinski definition) is 5. The normalized spacial score (nSPS) is 12.3. The Balaban J connectivity index is 1.86. The number of aromatic nitrogens is 1. The fraction of sp³-hybridized carbons (Fsp3) is 0.357. The average molecular weight is 278 g/mol. The first-order valence-corrected chi connectivity index (χ1v) is 7.04. The van der Waals surface area contributed by atoms with Gasteiger partial charge in [-0.2, -0.15) is 0 Å². The average Bonchev–Trinajstić information content (AvgIpc) is 2.94. The Hall–Kier alpha value is -1.59. The van der Waals surface area contributed by atoms with E-state index in [2.05, 4.69) is 17.2 Å². The predicted molar refractivity (Wildman–Crippen MR) is 76.9 cm³/mol. The van der Waals surface area contributed by atoms with Crippen LogP contribution in [0.2, 0.25) is 0 Å².